The van der Waals surface area contributed by atoms with Crippen LogP contribution in [0.15, 0.2) is 12.1 Å². The monoisotopic (exact) mass is 277 g/mol. The maximum Gasteiger partial charge on any atom is 0.412 e. The van der Waals surface area contributed by atoms with Crippen LogP contribution in [0.1, 0.15) is 37.8 Å². The molecule has 0 spiro atoms. The van der Waals surface area contributed by atoms with E-state index < -0.39 is 6.09 Å². The van der Waals surface area contributed by atoms with Crippen LogP contribution in [0.5, 0.6) is 11.5 Å². The molecule has 0 unspecified atom stereocenters. The third kappa shape index (κ3) is 3.44. The molecule has 0 fully saturated rings. The van der Waals surface area contributed by atoms with E-state index in [-0.39, 0.29) is 0 Å². The van der Waals surface area contributed by atoms with Crippen molar-refractivity contribution in [1.29, 1.82) is 0 Å². The number of carbonyl (C=O) groups is 1. The lowest BCUT2D eigenvalue weighted by Gasteiger charge is -2.22. The number of ether oxygens (including phenoxy) is 2. The fourth-order valence-electron chi connectivity index (χ4n) is 2.44. The van der Waals surface area contributed by atoms with Gasteiger partial charge in [0.1, 0.15) is 11.5 Å². The Balaban J connectivity index is 2.26. The topological polar surface area (TPSA) is 47.6 Å². The summed E-state index contributed by atoms with van der Waals surface area (Å²) >= 11 is 0. The Bertz CT molecular complexity index is 483. The molecule has 0 radical (unpaired) electrons. The molecule has 1 N–H and O–H groups in total. The highest BCUT2D eigenvalue weighted by atomic mass is 16.6. The smallest absolute Gasteiger partial charge is 0.412 e. The predicted octanol–water partition coefficient (Wildman–Crippen LogP) is 3.32. The average Bonchev–Trinajstić information content (AvgIpc) is 2.46. The van der Waals surface area contributed by atoms with Crippen LogP contribution in [-0.4, -0.2) is 19.7 Å². The Kier molecular flexibility index (Phi) is 4.88. The Morgan fingerprint density at radius 3 is 2.40 bits per heavy atom. The molecule has 2 rings (SSSR count). The molecule has 110 valence electrons. The number of nitrogens with one attached hydrogen (secondary N) is 1. The van der Waals surface area contributed by atoms with Crippen LogP contribution < -0.4 is 14.8 Å². The average molecular weight is 277 g/mol. The zero-order chi connectivity index (χ0) is 14.5. The van der Waals surface area contributed by atoms with Gasteiger partial charge in [0.2, 0.25) is 0 Å². The van der Waals surface area contributed by atoms with Gasteiger partial charge in [0.25, 0.3) is 0 Å². The maximum atomic E-state index is 11.4. The van der Waals surface area contributed by atoms with E-state index in [1.54, 1.807) is 7.05 Å². The van der Waals surface area contributed by atoms with Crippen molar-refractivity contribution in [2.75, 3.05) is 13.7 Å². The summed E-state index contributed by atoms with van der Waals surface area (Å²) in [6.07, 6.45) is 3.81. The molecule has 4 nitrogen and oxygen atoms in total. The minimum atomic E-state index is -0.423. The normalized spacial score (nSPS) is 13.8. The standard InChI is InChI=1S/C16H23NO3/c1-11(2)10-19-14-8-9-15(20-16(18)17-3)13-7-5-4-6-12(13)14/h8-9,11H,4-7,10H2,1-3H3,(H,17,18). The van der Waals surface area contributed by atoms with Crippen LogP contribution in [0.25, 0.3) is 0 Å². The highest BCUT2D eigenvalue weighted by Crippen LogP contribution is 2.36. The molecule has 0 aliphatic heterocycles. The molecule has 1 aliphatic rings. The zero-order valence-corrected chi connectivity index (χ0v) is 12.5. The molecule has 0 aromatic heterocycles. The molecule has 0 bridgehead atoms. The van der Waals surface area contributed by atoms with Gasteiger partial charge in [-0.1, -0.05) is 13.8 Å². The minimum Gasteiger partial charge on any atom is -0.493 e. The van der Waals surface area contributed by atoms with Gasteiger partial charge in [-0.15, -0.1) is 0 Å². The lowest BCUT2D eigenvalue weighted by molar-refractivity contribution is 0.202. The third-order valence-corrected chi connectivity index (χ3v) is 3.43. The minimum absolute atomic E-state index is 0.423. The van der Waals surface area contributed by atoms with Gasteiger partial charge in [-0.2, -0.15) is 0 Å². The van der Waals surface area contributed by atoms with Gasteiger partial charge in [-0.3, -0.25) is 0 Å². The van der Waals surface area contributed by atoms with E-state index >= 15 is 0 Å². The molecular formula is C16H23NO3. The van der Waals surface area contributed by atoms with Crippen molar-refractivity contribution in [1.82, 2.24) is 5.32 Å². The van der Waals surface area contributed by atoms with Crippen molar-refractivity contribution in [2.45, 2.75) is 39.5 Å². The van der Waals surface area contributed by atoms with Gasteiger partial charge in [-0.05, 0) is 43.7 Å². The van der Waals surface area contributed by atoms with E-state index in [2.05, 4.69) is 19.2 Å². The summed E-state index contributed by atoms with van der Waals surface area (Å²) in [4.78, 5) is 11.4. The van der Waals surface area contributed by atoms with E-state index in [0.717, 1.165) is 37.0 Å². The maximum absolute atomic E-state index is 11.4. The number of rotatable bonds is 4. The molecule has 4 heteroatoms. The first-order valence-electron chi connectivity index (χ1n) is 7.29. The molecule has 1 aromatic rings. The molecule has 20 heavy (non-hydrogen) atoms. The first kappa shape index (κ1) is 14.7. The third-order valence-electron chi connectivity index (χ3n) is 3.43. The van der Waals surface area contributed by atoms with Crippen molar-refractivity contribution in [2.24, 2.45) is 5.92 Å². The second kappa shape index (κ2) is 6.64. The van der Waals surface area contributed by atoms with Crippen LogP contribution in [0, 0.1) is 5.92 Å². The van der Waals surface area contributed by atoms with Crippen molar-refractivity contribution < 1.29 is 14.3 Å². The number of hydrogen-bond donors (Lipinski definition) is 1. The second-order valence-electron chi connectivity index (χ2n) is 5.57. The molecule has 0 saturated carbocycles. The summed E-state index contributed by atoms with van der Waals surface area (Å²) in [7, 11) is 1.56. The fraction of sp³-hybridized carbons (Fsp3) is 0.562. The number of benzene rings is 1. The SMILES string of the molecule is CNC(=O)Oc1ccc(OCC(C)C)c2c1CCCC2. The molecule has 1 aliphatic carbocycles. The van der Waals surface area contributed by atoms with Gasteiger partial charge in [0.05, 0.1) is 6.61 Å². The Morgan fingerprint density at radius 2 is 1.80 bits per heavy atom. The molecule has 0 saturated heterocycles. The van der Waals surface area contributed by atoms with Crippen LogP contribution in [0.2, 0.25) is 0 Å². The molecule has 0 atom stereocenters. The summed E-state index contributed by atoms with van der Waals surface area (Å²) in [5.41, 5.74) is 2.33. The summed E-state index contributed by atoms with van der Waals surface area (Å²) in [5.74, 6) is 2.10. The summed E-state index contributed by atoms with van der Waals surface area (Å²) < 4.78 is 11.2. The number of amides is 1. The highest BCUT2D eigenvalue weighted by molar-refractivity contribution is 5.71. The first-order chi connectivity index (χ1) is 9.61. The zero-order valence-electron chi connectivity index (χ0n) is 12.5. The van der Waals surface area contributed by atoms with E-state index in [0.29, 0.717) is 18.3 Å². The van der Waals surface area contributed by atoms with Gasteiger partial charge in [-0.25, -0.2) is 4.79 Å². The molecule has 0 heterocycles. The van der Waals surface area contributed by atoms with Gasteiger partial charge < -0.3 is 14.8 Å². The summed E-state index contributed by atoms with van der Waals surface area (Å²) in [6.45, 7) is 4.98. The number of fused-ring (bicyclic) bond motifs is 1. The fourth-order valence-corrected chi connectivity index (χ4v) is 2.44. The Labute approximate surface area is 120 Å². The lowest BCUT2D eigenvalue weighted by atomic mass is 9.90. The van der Waals surface area contributed by atoms with E-state index in [9.17, 15) is 4.79 Å². The molecule has 1 aromatic carbocycles. The van der Waals surface area contributed by atoms with Gasteiger partial charge in [0, 0.05) is 18.2 Å². The van der Waals surface area contributed by atoms with Gasteiger partial charge >= 0.3 is 6.09 Å². The largest absolute Gasteiger partial charge is 0.493 e. The summed E-state index contributed by atoms with van der Waals surface area (Å²) in [5, 5.41) is 2.48. The number of carbonyl (C=O) groups excluding carboxylic acids is 1. The quantitative estimate of drug-likeness (QED) is 0.918. The summed E-state index contributed by atoms with van der Waals surface area (Å²) in [6, 6.07) is 3.76. The van der Waals surface area contributed by atoms with Crippen LogP contribution in [0.3, 0.4) is 0 Å². The van der Waals surface area contributed by atoms with E-state index in [1.807, 2.05) is 12.1 Å². The van der Waals surface area contributed by atoms with Gasteiger partial charge in [0.15, 0.2) is 0 Å². The Hall–Kier alpha value is -1.71. The van der Waals surface area contributed by atoms with E-state index in [1.165, 1.54) is 5.56 Å². The van der Waals surface area contributed by atoms with Crippen molar-refractivity contribution in [3.63, 3.8) is 0 Å². The first-order valence-corrected chi connectivity index (χ1v) is 7.29. The van der Waals surface area contributed by atoms with E-state index in [4.69, 9.17) is 9.47 Å². The van der Waals surface area contributed by atoms with Crippen LogP contribution >= 0.6 is 0 Å². The molecular weight excluding hydrogens is 254 g/mol. The molecule has 1 amide bonds. The van der Waals surface area contributed by atoms with Crippen molar-refractivity contribution in [3.05, 3.63) is 23.3 Å². The lowest BCUT2D eigenvalue weighted by Crippen LogP contribution is -2.23. The van der Waals surface area contributed by atoms with Crippen molar-refractivity contribution >= 4 is 6.09 Å². The highest BCUT2D eigenvalue weighted by Gasteiger charge is 2.20. The van der Waals surface area contributed by atoms with Crippen molar-refractivity contribution in [3.8, 4) is 11.5 Å². The number of hydrogen-bond acceptors (Lipinski definition) is 3. The predicted molar refractivity (Wildman–Crippen MR) is 78.5 cm³/mol. The Morgan fingerprint density at radius 1 is 1.20 bits per heavy atom. The second-order valence-corrected chi connectivity index (χ2v) is 5.57. The van der Waals surface area contributed by atoms with Crippen LogP contribution in [0.4, 0.5) is 4.79 Å². The van der Waals surface area contributed by atoms with Crippen LogP contribution in [-0.2, 0) is 12.8 Å².